The Morgan fingerprint density at radius 1 is 1.24 bits per heavy atom. The van der Waals surface area contributed by atoms with Crippen LogP contribution < -0.4 is 5.32 Å². The van der Waals surface area contributed by atoms with E-state index in [0.29, 0.717) is 17.5 Å². The highest BCUT2D eigenvalue weighted by Crippen LogP contribution is 2.52. The van der Waals surface area contributed by atoms with Crippen molar-refractivity contribution in [1.29, 1.82) is 0 Å². The van der Waals surface area contributed by atoms with E-state index in [1.807, 2.05) is 0 Å². The Hall–Kier alpha value is -0.860. The van der Waals surface area contributed by atoms with Gasteiger partial charge in [-0.3, -0.25) is 4.90 Å². The number of piperazine rings is 1. The average molecular weight is 286 g/mol. The Morgan fingerprint density at radius 3 is 2.57 bits per heavy atom. The van der Waals surface area contributed by atoms with Gasteiger partial charge in [0, 0.05) is 31.7 Å². The number of hydrogen-bond donors (Lipinski definition) is 1. The van der Waals surface area contributed by atoms with Crippen molar-refractivity contribution in [2.45, 2.75) is 52.1 Å². The predicted molar refractivity (Wildman–Crippen MR) is 89.3 cm³/mol. The van der Waals surface area contributed by atoms with Crippen LogP contribution in [0.25, 0.3) is 0 Å². The van der Waals surface area contributed by atoms with Gasteiger partial charge in [-0.15, -0.1) is 0 Å². The van der Waals surface area contributed by atoms with Gasteiger partial charge in [0.15, 0.2) is 0 Å². The summed E-state index contributed by atoms with van der Waals surface area (Å²) < 4.78 is 0. The van der Waals surface area contributed by atoms with Crippen molar-refractivity contribution in [3.05, 3.63) is 35.9 Å². The molecule has 1 aliphatic carbocycles. The molecule has 0 radical (unpaired) electrons. The first-order valence-corrected chi connectivity index (χ1v) is 8.62. The molecule has 0 amide bonds. The first kappa shape index (κ1) is 15.1. The van der Waals surface area contributed by atoms with Crippen molar-refractivity contribution in [2.24, 2.45) is 11.3 Å². The van der Waals surface area contributed by atoms with Crippen LogP contribution in [-0.4, -0.2) is 30.6 Å². The minimum absolute atomic E-state index is 0.552. The molecule has 1 aliphatic heterocycles. The van der Waals surface area contributed by atoms with E-state index in [0.717, 1.165) is 12.5 Å². The van der Waals surface area contributed by atoms with Gasteiger partial charge in [-0.2, -0.15) is 0 Å². The molecule has 116 valence electrons. The van der Waals surface area contributed by atoms with Gasteiger partial charge in [-0.05, 0) is 29.7 Å². The van der Waals surface area contributed by atoms with Gasteiger partial charge < -0.3 is 5.32 Å². The van der Waals surface area contributed by atoms with Gasteiger partial charge in [0.2, 0.25) is 0 Å². The minimum Gasteiger partial charge on any atom is -0.311 e. The smallest absolute Gasteiger partial charge is 0.0473 e. The lowest BCUT2D eigenvalue weighted by molar-refractivity contribution is 0.116. The second-order valence-corrected chi connectivity index (χ2v) is 7.66. The summed E-state index contributed by atoms with van der Waals surface area (Å²) in [6.45, 7) is 10.7. The summed E-state index contributed by atoms with van der Waals surface area (Å²) in [5.74, 6) is 0.893. The molecule has 1 aromatic rings. The molecule has 2 nitrogen and oxygen atoms in total. The molecule has 2 heteroatoms. The Balaban J connectivity index is 1.71. The number of nitrogens with one attached hydrogen (secondary N) is 1. The number of benzene rings is 1. The Morgan fingerprint density at radius 2 is 1.95 bits per heavy atom. The summed E-state index contributed by atoms with van der Waals surface area (Å²) in [6, 6.07) is 12.3. The third-order valence-electron chi connectivity index (χ3n) is 5.49. The summed E-state index contributed by atoms with van der Waals surface area (Å²) in [7, 11) is 0. The van der Waals surface area contributed by atoms with Crippen LogP contribution in [0.2, 0.25) is 0 Å². The molecule has 2 fully saturated rings. The fraction of sp³-hybridized carbons (Fsp3) is 0.684. The van der Waals surface area contributed by atoms with Gasteiger partial charge >= 0.3 is 0 Å². The van der Waals surface area contributed by atoms with Crippen LogP contribution >= 0.6 is 0 Å². The SMILES string of the molecule is CCCC1CN(CC2CC2(C)C)C(c2ccccc2)CN1. The van der Waals surface area contributed by atoms with Crippen LogP contribution in [-0.2, 0) is 0 Å². The highest BCUT2D eigenvalue weighted by atomic mass is 15.2. The molecule has 0 bridgehead atoms. The van der Waals surface area contributed by atoms with E-state index in [2.05, 4.69) is 61.3 Å². The van der Waals surface area contributed by atoms with Crippen LogP contribution in [0.1, 0.15) is 51.6 Å². The minimum atomic E-state index is 0.552. The summed E-state index contributed by atoms with van der Waals surface area (Å²) in [4.78, 5) is 2.76. The zero-order chi connectivity index (χ0) is 14.9. The maximum absolute atomic E-state index is 3.77. The number of rotatable bonds is 5. The molecule has 1 saturated heterocycles. The average Bonchev–Trinajstić information content (AvgIpc) is 3.07. The normalized spacial score (nSPS) is 32.0. The topological polar surface area (TPSA) is 15.3 Å². The maximum Gasteiger partial charge on any atom is 0.0473 e. The van der Waals surface area contributed by atoms with E-state index in [1.54, 1.807) is 0 Å². The number of nitrogens with zero attached hydrogens (tertiary/aromatic N) is 1. The molecule has 3 rings (SSSR count). The molecule has 2 aliphatic rings. The zero-order valence-electron chi connectivity index (χ0n) is 13.8. The van der Waals surface area contributed by atoms with Gasteiger partial charge in [0.1, 0.15) is 0 Å². The van der Waals surface area contributed by atoms with Crippen molar-refractivity contribution >= 4 is 0 Å². The second-order valence-electron chi connectivity index (χ2n) is 7.66. The Labute approximate surface area is 129 Å². The monoisotopic (exact) mass is 286 g/mol. The van der Waals surface area contributed by atoms with Crippen molar-refractivity contribution in [3.63, 3.8) is 0 Å². The van der Waals surface area contributed by atoms with E-state index in [1.165, 1.54) is 37.9 Å². The van der Waals surface area contributed by atoms with Gasteiger partial charge in [0.05, 0.1) is 0 Å². The zero-order valence-corrected chi connectivity index (χ0v) is 13.8. The standard InChI is InChI=1S/C19H30N2/c1-4-8-17-14-21(13-16-11-19(16,2)3)18(12-20-17)15-9-6-5-7-10-15/h5-7,9-10,16-18,20H,4,8,11-14H2,1-3H3. The van der Waals surface area contributed by atoms with Gasteiger partial charge in [0.25, 0.3) is 0 Å². The highest BCUT2D eigenvalue weighted by Gasteiger charge is 2.47. The third kappa shape index (κ3) is 3.49. The van der Waals surface area contributed by atoms with Crippen LogP contribution in [0.3, 0.4) is 0 Å². The molecule has 0 spiro atoms. The number of hydrogen-bond acceptors (Lipinski definition) is 2. The fourth-order valence-corrected chi connectivity index (χ4v) is 3.80. The third-order valence-corrected chi connectivity index (χ3v) is 5.49. The van der Waals surface area contributed by atoms with Gasteiger partial charge in [-0.25, -0.2) is 0 Å². The van der Waals surface area contributed by atoms with Crippen LogP contribution in [0, 0.1) is 11.3 Å². The molecule has 3 unspecified atom stereocenters. The molecular formula is C19H30N2. The van der Waals surface area contributed by atoms with E-state index >= 15 is 0 Å². The summed E-state index contributed by atoms with van der Waals surface area (Å²) in [6.07, 6.45) is 3.97. The van der Waals surface area contributed by atoms with Crippen molar-refractivity contribution in [1.82, 2.24) is 10.2 Å². The largest absolute Gasteiger partial charge is 0.311 e. The molecular weight excluding hydrogens is 256 g/mol. The van der Waals surface area contributed by atoms with E-state index in [-0.39, 0.29) is 0 Å². The molecule has 21 heavy (non-hydrogen) atoms. The molecule has 1 N–H and O–H groups in total. The lowest BCUT2D eigenvalue weighted by Gasteiger charge is -2.41. The van der Waals surface area contributed by atoms with E-state index in [9.17, 15) is 0 Å². The van der Waals surface area contributed by atoms with Crippen molar-refractivity contribution in [3.8, 4) is 0 Å². The second kappa shape index (κ2) is 6.10. The lowest BCUT2D eigenvalue weighted by atomic mass is 9.98. The first-order valence-electron chi connectivity index (χ1n) is 8.62. The fourth-order valence-electron chi connectivity index (χ4n) is 3.80. The lowest BCUT2D eigenvalue weighted by Crippen LogP contribution is -2.52. The highest BCUT2D eigenvalue weighted by molar-refractivity contribution is 5.20. The Bertz CT molecular complexity index is 454. The summed E-state index contributed by atoms with van der Waals surface area (Å²) >= 11 is 0. The molecule has 1 saturated carbocycles. The van der Waals surface area contributed by atoms with E-state index < -0.39 is 0 Å². The molecule has 3 atom stereocenters. The summed E-state index contributed by atoms with van der Waals surface area (Å²) in [5.41, 5.74) is 2.05. The van der Waals surface area contributed by atoms with Crippen LogP contribution in [0.5, 0.6) is 0 Å². The van der Waals surface area contributed by atoms with Crippen LogP contribution in [0.15, 0.2) is 30.3 Å². The van der Waals surface area contributed by atoms with E-state index in [4.69, 9.17) is 0 Å². The van der Waals surface area contributed by atoms with Crippen molar-refractivity contribution in [2.75, 3.05) is 19.6 Å². The maximum atomic E-state index is 3.77. The first-order chi connectivity index (χ1) is 10.1. The molecule has 1 heterocycles. The summed E-state index contributed by atoms with van der Waals surface area (Å²) in [5, 5.41) is 3.77. The van der Waals surface area contributed by atoms with Crippen LogP contribution in [0.4, 0.5) is 0 Å². The van der Waals surface area contributed by atoms with Gasteiger partial charge in [-0.1, -0.05) is 57.5 Å². The molecule has 1 aromatic carbocycles. The quantitative estimate of drug-likeness (QED) is 0.884. The predicted octanol–water partition coefficient (Wildman–Crippen LogP) is 3.85. The Kier molecular flexibility index (Phi) is 4.37. The van der Waals surface area contributed by atoms with Crippen molar-refractivity contribution < 1.29 is 0 Å². The molecule has 0 aromatic heterocycles.